The van der Waals surface area contributed by atoms with Crippen LogP contribution in [-0.4, -0.2) is 42.8 Å². The maximum absolute atomic E-state index is 12.1. The maximum atomic E-state index is 12.1. The second-order valence-corrected chi connectivity index (χ2v) is 5.92. The molecule has 0 radical (unpaired) electrons. The minimum atomic E-state index is -0.406. The molecule has 2 atom stereocenters. The number of ether oxygens (including phenoxy) is 1. The Morgan fingerprint density at radius 1 is 1.53 bits per heavy atom. The molecule has 1 aliphatic heterocycles. The van der Waals surface area contributed by atoms with Crippen molar-refractivity contribution in [3.05, 3.63) is 0 Å². The summed E-state index contributed by atoms with van der Waals surface area (Å²) in [4.78, 5) is 14.0. The van der Waals surface area contributed by atoms with Crippen LogP contribution >= 0.6 is 0 Å². The second-order valence-electron chi connectivity index (χ2n) is 5.92. The molecular weight excluding hydrogens is 216 g/mol. The van der Waals surface area contributed by atoms with Crippen molar-refractivity contribution in [2.45, 2.75) is 52.2 Å². The van der Waals surface area contributed by atoms with E-state index >= 15 is 0 Å². The van der Waals surface area contributed by atoms with Gasteiger partial charge in [0.2, 0.25) is 0 Å². The van der Waals surface area contributed by atoms with E-state index < -0.39 is 5.60 Å². The van der Waals surface area contributed by atoms with Crippen LogP contribution in [0.15, 0.2) is 0 Å². The summed E-state index contributed by atoms with van der Waals surface area (Å²) in [5, 5.41) is 3.17. The van der Waals surface area contributed by atoms with E-state index in [9.17, 15) is 4.79 Å². The lowest BCUT2D eigenvalue weighted by molar-refractivity contribution is 0.0184. The lowest BCUT2D eigenvalue weighted by Gasteiger charge is -2.31. The van der Waals surface area contributed by atoms with E-state index in [2.05, 4.69) is 12.2 Å². The molecule has 0 saturated carbocycles. The third kappa shape index (κ3) is 4.19. The maximum Gasteiger partial charge on any atom is 0.410 e. The summed E-state index contributed by atoms with van der Waals surface area (Å²) in [5.41, 5.74) is -0.406. The minimum Gasteiger partial charge on any atom is -0.444 e. The summed E-state index contributed by atoms with van der Waals surface area (Å²) in [6.45, 7) is 9.68. The molecule has 0 spiro atoms. The largest absolute Gasteiger partial charge is 0.444 e. The average molecular weight is 242 g/mol. The predicted octanol–water partition coefficient (Wildman–Crippen LogP) is 2.24. The molecule has 1 rings (SSSR count). The van der Waals surface area contributed by atoms with Crippen molar-refractivity contribution < 1.29 is 9.53 Å². The minimum absolute atomic E-state index is 0.164. The molecule has 2 unspecified atom stereocenters. The highest BCUT2D eigenvalue weighted by Crippen LogP contribution is 2.25. The summed E-state index contributed by atoms with van der Waals surface area (Å²) >= 11 is 0. The van der Waals surface area contributed by atoms with E-state index in [1.165, 1.54) is 0 Å². The normalized spacial score (nSPS) is 22.6. The van der Waals surface area contributed by atoms with Crippen LogP contribution in [0.1, 0.15) is 40.5 Å². The van der Waals surface area contributed by atoms with Crippen molar-refractivity contribution in [3.8, 4) is 0 Å². The molecule has 1 saturated heterocycles. The van der Waals surface area contributed by atoms with Crippen molar-refractivity contribution in [2.24, 2.45) is 5.92 Å². The molecule has 0 aromatic carbocycles. The van der Waals surface area contributed by atoms with Gasteiger partial charge in [-0.05, 0) is 53.1 Å². The Hall–Kier alpha value is -0.770. The molecule has 0 aromatic rings. The summed E-state index contributed by atoms with van der Waals surface area (Å²) in [6, 6.07) is 0.317. The zero-order chi connectivity index (χ0) is 13.1. The van der Waals surface area contributed by atoms with Crippen LogP contribution in [0, 0.1) is 5.92 Å². The first kappa shape index (κ1) is 14.3. The van der Waals surface area contributed by atoms with Crippen molar-refractivity contribution >= 4 is 6.09 Å². The zero-order valence-electron chi connectivity index (χ0n) is 11.7. The highest BCUT2D eigenvalue weighted by Gasteiger charge is 2.34. The lowest BCUT2D eigenvalue weighted by atomic mass is 10.00. The Balaban J connectivity index is 2.59. The van der Waals surface area contributed by atoms with Gasteiger partial charge in [0, 0.05) is 12.6 Å². The number of nitrogens with zero attached hydrogens (tertiary/aromatic N) is 1. The molecule has 1 N–H and O–H groups in total. The van der Waals surface area contributed by atoms with Gasteiger partial charge in [-0.15, -0.1) is 0 Å². The number of nitrogens with one attached hydrogen (secondary N) is 1. The van der Waals surface area contributed by atoms with Crippen LogP contribution in [0.25, 0.3) is 0 Å². The standard InChI is InChI=1S/C13H26N2O2/c1-10(9-14-5)11-7-6-8-15(11)12(16)17-13(2,3)4/h10-11,14H,6-9H2,1-5H3. The molecule has 4 heteroatoms. The molecule has 1 heterocycles. The predicted molar refractivity (Wildman–Crippen MR) is 69.1 cm³/mol. The van der Waals surface area contributed by atoms with Crippen LogP contribution in [0.4, 0.5) is 4.79 Å². The smallest absolute Gasteiger partial charge is 0.410 e. The molecule has 1 amide bonds. The van der Waals surface area contributed by atoms with Crippen molar-refractivity contribution in [2.75, 3.05) is 20.1 Å². The summed E-state index contributed by atoms with van der Waals surface area (Å²) in [5.74, 6) is 0.468. The van der Waals surface area contributed by atoms with Gasteiger partial charge in [-0.1, -0.05) is 6.92 Å². The number of amides is 1. The molecule has 1 aliphatic rings. The van der Waals surface area contributed by atoms with E-state index in [0.29, 0.717) is 12.0 Å². The molecule has 0 aromatic heterocycles. The first-order chi connectivity index (χ1) is 7.85. The summed E-state index contributed by atoms with van der Waals surface area (Å²) in [6.07, 6.45) is 2.00. The highest BCUT2D eigenvalue weighted by molar-refractivity contribution is 5.69. The quantitative estimate of drug-likeness (QED) is 0.825. The molecule has 100 valence electrons. The van der Waals surface area contributed by atoms with Gasteiger partial charge in [0.25, 0.3) is 0 Å². The SMILES string of the molecule is CNCC(C)C1CCCN1C(=O)OC(C)(C)C. The fraction of sp³-hybridized carbons (Fsp3) is 0.923. The van der Waals surface area contributed by atoms with Crippen LogP contribution in [0.5, 0.6) is 0 Å². The average Bonchev–Trinajstić information content (AvgIpc) is 2.63. The Labute approximate surface area is 105 Å². The van der Waals surface area contributed by atoms with E-state index in [1.807, 2.05) is 32.7 Å². The topological polar surface area (TPSA) is 41.6 Å². The molecule has 1 fully saturated rings. The van der Waals surface area contributed by atoms with Gasteiger partial charge in [0.05, 0.1) is 0 Å². The number of carbonyl (C=O) groups excluding carboxylic acids is 1. The number of hydrogen-bond donors (Lipinski definition) is 1. The Morgan fingerprint density at radius 3 is 2.71 bits per heavy atom. The zero-order valence-corrected chi connectivity index (χ0v) is 11.7. The first-order valence-electron chi connectivity index (χ1n) is 6.49. The Bertz CT molecular complexity index is 261. The van der Waals surface area contributed by atoms with Gasteiger partial charge in [-0.3, -0.25) is 0 Å². The molecule has 0 aliphatic carbocycles. The van der Waals surface area contributed by atoms with Gasteiger partial charge < -0.3 is 15.0 Å². The van der Waals surface area contributed by atoms with Crippen molar-refractivity contribution in [1.82, 2.24) is 10.2 Å². The fourth-order valence-corrected chi connectivity index (χ4v) is 2.39. The lowest BCUT2D eigenvalue weighted by Crippen LogP contribution is -2.44. The number of carbonyl (C=O) groups is 1. The van der Waals surface area contributed by atoms with Gasteiger partial charge in [0.15, 0.2) is 0 Å². The van der Waals surface area contributed by atoms with E-state index in [0.717, 1.165) is 25.9 Å². The Kier molecular flexibility index (Phi) is 4.80. The fourth-order valence-electron chi connectivity index (χ4n) is 2.39. The van der Waals surface area contributed by atoms with E-state index in [4.69, 9.17) is 4.74 Å². The van der Waals surface area contributed by atoms with Gasteiger partial charge in [-0.25, -0.2) is 4.79 Å². The van der Waals surface area contributed by atoms with Gasteiger partial charge in [0.1, 0.15) is 5.60 Å². The monoisotopic (exact) mass is 242 g/mol. The Morgan fingerprint density at radius 2 is 2.18 bits per heavy atom. The third-order valence-corrected chi connectivity index (χ3v) is 3.11. The van der Waals surface area contributed by atoms with Crippen LogP contribution in [0.3, 0.4) is 0 Å². The first-order valence-corrected chi connectivity index (χ1v) is 6.49. The van der Waals surface area contributed by atoms with E-state index in [1.54, 1.807) is 0 Å². The van der Waals surface area contributed by atoms with Gasteiger partial charge >= 0.3 is 6.09 Å². The molecular formula is C13H26N2O2. The van der Waals surface area contributed by atoms with Crippen LogP contribution < -0.4 is 5.32 Å². The second kappa shape index (κ2) is 5.71. The molecule has 17 heavy (non-hydrogen) atoms. The van der Waals surface area contributed by atoms with Crippen LogP contribution in [-0.2, 0) is 4.74 Å². The van der Waals surface area contributed by atoms with Crippen molar-refractivity contribution in [1.29, 1.82) is 0 Å². The number of likely N-dealkylation sites (tertiary alicyclic amines) is 1. The van der Waals surface area contributed by atoms with Gasteiger partial charge in [-0.2, -0.15) is 0 Å². The summed E-state index contributed by atoms with van der Waals surface area (Å²) < 4.78 is 5.45. The highest BCUT2D eigenvalue weighted by atomic mass is 16.6. The molecule has 4 nitrogen and oxygen atoms in total. The number of rotatable bonds is 3. The van der Waals surface area contributed by atoms with Crippen molar-refractivity contribution in [3.63, 3.8) is 0 Å². The number of hydrogen-bond acceptors (Lipinski definition) is 3. The molecule has 0 bridgehead atoms. The van der Waals surface area contributed by atoms with E-state index in [-0.39, 0.29) is 6.09 Å². The third-order valence-electron chi connectivity index (χ3n) is 3.11. The summed E-state index contributed by atoms with van der Waals surface area (Å²) in [7, 11) is 1.95. The van der Waals surface area contributed by atoms with Crippen LogP contribution in [0.2, 0.25) is 0 Å².